The van der Waals surface area contributed by atoms with Crippen LogP contribution in [0.3, 0.4) is 0 Å². The molecule has 196 valence electrons. The number of fused-ring (bicyclic) bond motifs is 1. The van der Waals surface area contributed by atoms with Gasteiger partial charge in [-0.25, -0.2) is 10.9 Å². The summed E-state index contributed by atoms with van der Waals surface area (Å²) in [7, 11) is 2.27. The minimum Gasteiger partial charge on any atom is -0.395 e. The van der Waals surface area contributed by atoms with Crippen molar-refractivity contribution in [1.29, 1.82) is 0 Å². The first kappa shape index (κ1) is 25.2. The topological polar surface area (TPSA) is 113 Å². The van der Waals surface area contributed by atoms with E-state index in [1.807, 2.05) is 30.5 Å². The lowest BCUT2D eigenvalue weighted by Gasteiger charge is -2.37. The molecule has 2 saturated heterocycles. The van der Waals surface area contributed by atoms with E-state index in [-0.39, 0.29) is 24.8 Å². The number of carbonyl (C=O) groups is 1. The summed E-state index contributed by atoms with van der Waals surface area (Å²) >= 11 is 0. The number of hydrogen-bond donors (Lipinski definition) is 6. The molecule has 1 amide bonds. The number of β-amino-alcohol motifs (C(OH)–C–C–N with tert-alkyl or cyclic N) is 1. The second kappa shape index (κ2) is 11.3. The molecule has 10 heteroatoms. The third kappa shape index (κ3) is 5.28. The molecule has 0 aromatic heterocycles. The fourth-order valence-electron chi connectivity index (χ4n) is 6.07. The third-order valence-corrected chi connectivity index (χ3v) is 8.29. The van der Waals surface area contributed by atoms with Crippen LogP contribution in [0.2, 0.25) is 0 Å². The van der Waals surface area contributed by atoms with Crippen molar-refractivity contribution in [3.05, 3.63) is 41.7 Å². The summed E-state index contributed by atoms with van der Waals surface area (Å²) in [6.07, 6.45) is 8.84. The Morgan fingerprint density at radius 2 is 2.22 bits per heavy atom. The minimum absolute atomic E-state index is 0.0321. The molecule has 5 unspecified atom stereocenters. The molecule has 6 N–H and O–H groups in total. The van der Waals surface area contributed by atoms with Crippen LogP contribution in [0.4, 0.5) is 5.69 Å². The number of aliphatic hydroxyl groups excluding tert-OH is 1. The fraction of sp³-hybridized carbons (Fsp3) is 0.615. The molecule has 4 heterocycles. The van der Waals surface area contributed by atoms with Gasteiger partial charge in [0.2, 0.25) is 0 Å². The molecule has 4 aliphatic rings. The van der Waals surface area contributed by atoms with Crippen LogP contribution in [0.1, 0.15) is 36.0 Å². The van der Waals surface area contributed by atoms with Gasteiger partial charge in [0.1, 0.15) is 6.04 Å². The maximum Gasteiger partial charge on any atom is 0.251 e. The number of nitrogens with zero attached hydrogens (tertiary/aromatic N) is 3. The van der Waals surface area contributed by atoms with Crippen LogP contribution in [-0.4, -0.2) is 97.9 Å². The number of carbonyl (C=O) groups excluding carboxylic acids is 1. The summed E-state index contributed by atoms with van der Waals surface area (Å²) in [5.74, 6) is 1.73. The van der Waals surface area contributed by atoms with Gasteiger partial charge in [-0.2, -0.15) is 0 Å². The van der Waals surface area contributed by atoms with E-state index < -0.39 is 0 Å². The van der Waals surface area contributed by atoms with E-state index in [2.05, 4.69) is 49.8 Å². The third-order valence-electron chi connectivity index (χ3n) is 8.29. The van der Waals surface area contributed by atoms with Gasteiger partial charge in [-0.1, -0.05) is 6.07 Å². The molecule has 2 fully saturated rings. The van der Waals surface area contributed by atoms with Crippen molar-refractivity contribution < 1.29 is 14.4 Å². The molecule has 5 rings (SSSR count). The van der Waals surface area contributed by atoms with Crippen molar-refractivity contribution in [2.75, 3.05) is 58.2 Å². The quantitative estimate of drug-likeness (QED) is 0.274. The zero-order valence-corrected chi connectivity index (χ0v) is 21.2. The molecular formula is C26H41N8O2+. The van der Waals surface area contributed by atoms with Gasteiger partial charge in [-0.05, 0) is 55.7 Å². The Kier molecular flexibility index (Phi) is 7.87. The van der Waals surface area contributed by atoms with Crippen LogP contribution in [0.25, 0.3) is 0 Å². The molecule has 5 atom stereocenters. The molecule has 1 aromatic rings. The minimum atomic E-state index is -0.0405. The first-order valence-corrected chi connectivity index (χ1v) is 13.4. The van der Waals surface area contributed by atoms with Crippen LogP contribution < -0.4 is 26.8 Å². The van der Waals surface area contributed by atoms with E-state index in [1.54, 1.807) is 0 Å². The van der Waals surface area contributed by atoms with E-state index in [0.717, 1.165) is 49.1 Å². The highest BCUT2D eigenvalue weighted by Crippen LogP contribution is 2.29. The fourth-order valence-corrected chi connectivity index (χ4v) is 6.07. The molecule has 10 nitrogen and oxygen atoms in total. The van der Waals surface area contributed by atoms with Crippen molar-refractivity contribution in [1.82, 2.24) is 26.4 Å². The highest BCUT2D eigenvalue weighted by atomic mass is 16.3. The number of allylic oxidation sites excluding steroid dienone is 1. The predicted molar refractivity (Wildman–Crippen MR) is 141 cm³/mol. The van der Waals surface area contributed by atoms with Crippen molar-refractivity contribution in [2.24, 2.45) is 10.9 Å². The van der Waals surface area contributed by atoms with Crippen molar-refractivity contribution >= 4 is 17.8 Å². The van der Waals surface area contributed by atoms with Gasteiger partial charge < -0.3 is 21.1 Å². The smallest absolute Gasteiger partial charge is 0.251 e. The second-order valence-corrected chi connectivity index (χ2v) is 10.5. The number of aliphatic imine (C=N–C) groups is 1. The average molecular weight is 498 g/mol. The monoisotopic (exact) mass is 497 g/mol. The van der Waals surface area contributed by atoms with E-state index in [4.69, 9.17) is 0 Å². The molecule has 0 radical (unpaired) electrons. The Morgan fingerprint density at radius 1 is 1.31 bits per heavy atom. The normalized spacial score (nSPS) is 32.0. The summed E-state index contributed by atoms with van der Waals surface area (Å²) in [6.45, 7) is 4.88. The van der Waals surface area contributed by atoms with Gasteiger partial charge in [0.15, 0.2) is 5.82 Å². The van der Waals surface area contributed by atoms with E-state index >= 15 is 0 Å². The van der Waals surface area contributed by atoms with E-state index in [0.29, 0.717) is 37.2 Å². The van der Waals surface area contributed by atoms with Gasteiger partial charge in [-0.15, -0.1) is 0 Å². The number of hydrogen-bond acceptors (Lipinski definition) is 8. The van der Waals surface area contributed by atoms with Crippen LogP contribution in [0.15, 0.2) is 41.2 Å². The highest BCUT2D eigenvalue weighted by Gasteiger charge is 2.44. The average Bonchev–Trinajstić information content (AvgIpc) is 3.47. The van der Waals surface area contributed by atoms with Crippen LogP contribution in [0, 0.1) is 5.92 Å². The number of benzene rings is 1. The molecule has 0 spiro atoms. The standard InChI is InChI=1S/C26H40N8O2/c1-34-13-3-2-7-24(34)29-16-22(34)17-30-26(36)20-5-4-6-21(15-20)28-18-23-31-32-25(33(23)12-14-35)19-8-10-27-11-9-19/h4-7,10,15,19,22-23,25,28-29,31-32,35H,2-3,8-9,11-14,16-18H2,1H3/p+1. The summed E-state index contributed by atoms with van der Waals surface area (Å²) in [5.41, 5.74) is 8.39. The Balaban J connectivity index is 1.15. The second-order valence-electron chi connectivity index (χ2n) is 10.5. The van der Waals surface area contributed by atoms with E-state index in [9.17, 15) is 9.90 Å². The molecule has 0 aliphatic carbocycles. The number of anilines is 1. The van der Waals surface area contributed by atoms with Crippen molar-refractivity contribution in [3.8, 4) is 0 Å². The van der Waals surface area contributed by atoms with Gasteiger partial charge in [0.05, 0.1) is 45.6 Å². The lowest BCUT2D eigenvalue weighted by atomic mass is 9.96. The molecule has 36 heavy (non-hydrogen) atoms. The predicted octanol–water partition coefficient (Wildman–Crippen LogP) is 0.417. The molecule has 4 aliphatic heterocycles. The van der Waals surface area contributed by atoms with Gasteiger partial charge in [-0.3, -0.25) is 19.2 Å². The number of rotatable bonds is 9. The van der Waals surface area contributed by atoms with E-state index in [1.165, 1.54) is 12.2 Å². The van der Waals surface area contributed by atoms with Gasteiger partial charge >= 0.3 is 0 Å². The lowest BCUT2D eigenvalue weighted by molar-refractivity contribution is -0.888. The SMILES string of the molecule is C[N+]12CCCC=C1NCC2CNC(=O)c1cccc(NCC2NNC(C3CC=NCC3)N2CCO)c1. The van der Waals surface area contributed by atoms with Crippen LogP contribution in [0.5, 0.6) is 0 Å². The number of likely N-dealkylation sites (N-methyl/N-ethyl adjacent to an activating group) is 1. The zero-order chi connectivity index (χ0) is 25.0. The first-order chi connectivity index (χ1) is 17.6. The maximum atomic E-state index is 13.0. The number of hydrazine groups is 1. The summed E-state index contributed by atoms with van der Waals surface area (Å²) in [5, 5.41) is 19.8. The van der Waals surface area contributed by atoms with Gasteiger partial charge in [0, 0.05) is 37.3 Å². The number of amides is 1. The number of quaternary nitrogens is 1. The maximum absolute atomic E-state index is 13.0. The summed E-state index contributed by atoms with van der Waals surface area (Å²) in [6, 6.07) is 8.04. The number of nitrogens with one attached hydrogen (secondary N) is 5. The highest BCUT2D eigenvalue weighted by molar-refractivity contribution is 5.95. The number of aliphatic hydroxyl groups is 1. The Morgan fingerprint density at radius 3 is 3.06 bits per heavy atom. The Hall–Kier alpha value is -2.50. The molecule has 1 aromatic carbocycles. The summed E-state index contributed by atoms with van der Waals surface area (Å²) in [4.78, 5) is 19.6. The van der Waals surface area contributed by atoms with Crippen LogP contribution >= 0.6 is 0 Å². The van der Waals surface area contributed by atoms with Crippen LogP contribution in [-0.2, 0) is 0 Å². The lowest BCUT2D eigenvalue weighted by Crippen LogP contribution is -2.54. The first-order valence-electron chi connectivity index (χ1n) is 13.4. The molecular weight excluding hydrogens is 456 g/mol. The molecule has 0 bridgehead atoms. The largest absolute Gasteiger partial charge is 0.395 e. The van der Waals surface area contributed by atoms with Gasteiger partial charge in [0.25, 0.3) is 5.91 Å². The molecule has 0 saturated carbocycles. The summed E-state index contributed by atoms with van der Waals surface area (Å²) < 4.78 is 0.892. The van der Waals surface area contributed by atoms with Crippen molar-refractivity contribution in [3.63, 3.8) is 0 Å². The zero-order valence-electron chi connectivity index (χ0n) is 21.2. The Bertz CT molecular complexity index is 984. The van der Waals surface area contributed by atoms with Crippen molar-refractivity contribution in [2.45, 2.75) is 44.1 Å². The Labute approximate surface area is 213 Å².